The lowest BCUT2D eigenvalue weighted by molar-refractivity contribution is -0.138. The van der Waals surface area contributed by atoms with E-state index in [9.17, 15) is 9.59 Å². The molecule has 2 heterocycles. The Bertz CT molecular complexity index is 475. The number of likely N-dealkylation sites (tertiary alicyclic amines) is 1. The molecule has 2 rings (SSSR count). The molecule has 0 aromatic carbocycles. The summed E-state index contributed by atoms with van der Waals surface area (Å²) in [6.45, 7) is 0.712. The summed E-state index contributed by atoms with van der Waals surface area (Å²) in [7, 11) is 1.75. The van der Waals surface area contributed by atoms with Crippen LogP contribution in [0.1, 0.15) is 18.2 Å². The predicted molar refractivity (Wildman–Crippen MR) is 66.3 cm³/mol. The molecule has 0 bridgehead atoms. The maximum Gasteiger partial charge on any atom is 0.326 e. The Labute approximate surface area is 108 Å². The topological polar surface area (TPSA) is 109 Å². The molecule has 1 amide bonds. The Morgan fingerprint density at radius 1 is 1.78 bits per heavy atom. The number of nitrogens with two attached hydrogens (primary N) is 1. The molecule has 1 aliphatic heterocycles. The number of carbonyl (C=O) groups excluding carboxylic acids is 1. The number of nitrogens with zero attached hydrogens (tertiary/aromatic N) is 2. The number of likely N-dealkylation sites (N-methyl/N-ethyl adjacent to an activating group) is 1. The molecule has 8 heteroatoms. The number of nitrogens with one attached hydrogen (secondary N) is 1. The van der Waals surface area contributed by atoms with Crippen molar-refractivity contribution in [3.8, 4) is 0 Å². The van der Waals surface area contributed by atoms with Gasteiger partial charge in [0.05, 0.1) is 5.69 Å². The Hall–Kier alpha value is -1.67. The quantitative estimate of drug-likeness (QED) is 0.703. The smallest absolute Gasteiger partial charge is 0.326 e. The van der Waals surface area contributed by atoms with Crippen molar-refractivity contribution in [2.45, 2.75) is 18.5 Å². The summed E-state index contributed by atoms with van der Waals surface area (Å²) >= 11 is 1.25. The fourth-order valence-corrected chi connectivity index (χ4v) is 2.53. The zero-order valence-electron chi connectivity index (χ0n) is 9.79. The number of carboxylic acids is 1. The fraction of sp³-hybridized carbons (Fsp3) is 0.500. The van der Waals surface area contributed by atoms with Crippen molar-refractivity contribution in [1.29, 1.82) is 0 Å². The van der Waals surface area contributed by atoms with Crippen molar-refractivity contribution >= 4 is 28.3 Å². The molecule has 1 fully saturated rings. The van der Waals surface area contributed by atoms with E-state index in [0.29, 0.717) is 17.4 Å². The number of aliphatic carboxylic acids is 1. The lowest BCUT2D eigenvalue weighted by Crippen LogP contribution is -2.31. The summed E-state index contributed by atoms with van der Waals surface area (Å²) in [6.07, 6.45) is 0.717. The molecule has 1 aromatic rings. The van der Waals surface area contributed by atoms with E-state index in [1.54, 1.807) is 17.3 Å². The van der Waals surface area contributed by atoms with Gasteiger partial charge in [0.25, 0.3) is 0 Å². The van der Waals surface area contributed by atoms with Gasteiger partial charge in [0.2, 0.25) is 5.91 Å². The molecule has 0 spiro atoms. The van der Waals surface area contributed by atoms with E-state index >= 15 is 0 Å². The van der Waals surface area contributed by atoms with Crippen molar-refractivity contribution < 1.29 is 14.7 Å². The highest BCUT2D eigenvalue weighted by molar-refractivity contribution is 7.13. The number of amides is 1. The summed E-state index contributed by atoms with van der Waals surface area (Å²) in [6, 6.07) is -1.41. The molecule has 0 saturated carbocycles. The minimum Gasteiger partial charge on any atom is -0.480 e. The van der Waals surface area contributed by atoms with Crippen LogP contribution >= 0.6 is 11.3 Å². The van der Waals surface area contributed by atoms with Crippen LogP contribution in [-0.2, 0) is 9.59 Å². The molecule has 2 unspecified atom stereocenters. The first-order chi connectivity index (χ1) is 8.49. The summed E-state index contributed by atoms with van der Waals surface area (Å²) in [5.41, 5.74) is 5.75. The molecule has 2 atom stereocenters. The summed E-state index contributed by atoms with van der Waals surface area (Å²) < 4.78 is 0. The molecule has 18 heavy (non-hydrogen) atoms. The van der Waals surface area contributed by atoms with Crippen LogP contribution in [0.3, 0.4) is 0 Å². The number of aromatic nitrogens is 1. The molecule has 0 aliphatic carbocycles. The predicted octanol–water partition coefficient (Wildman–Crippen LogP) is -0.130. The summed E-state index contributed by atoms with van der Waals surface area (Å²) in [5, 5.41) is 13.9. The SMILES string of the molecule is CN1CCC(Nc2nc(C(N)C(=O)O)cs2)C1=O. The average molecular weight is 270 g/mol. The van der Waals surface area contributed by atoms with Gasteiger partial charge < -0.3 is 21.1 Å². The number of carboxylic acid groups (broad SMARTS) is 1. The van der Waals surface area contributed by atoms with Gasteiger partial charge in [0, 0.05) is 19.0 Å². The van der Waals surface area contributed by atoms with Crippen LogP contribution in [0.4, 0.5) is 5.13 Å². The van der Waals surface area contributed by atoms with E-state index in [-0.39, 0.29) is 11.9 Å². The Kier molecular flexibility index (Phi) is 3.48. The maximum absolute atomic E-state index is 11.7. The van der Waals surface area contributed by atoms with E-state index in [1.165, 1.54) is 11.3 Å². The number of hydrogen-bond acceptors (Lipinski definition) is 6. The second-order valence-electron chi connectivity index (χ2n) is 4.14. The van der Waals surface area contributed by atoms with Gasteiger partial charge in [0.1, 0.15) is 12.1 Å². The zero-order valence-corrected chi connectivity index (χ0v) is 10.6. The molecule has 7 nitrogen and oxygen atoms in total. The monoisotopic (exact) mass is 270 g/mol. The molecule has 98 valence electrons. The Morgan fingerprint density at radius 2 is 2.50 bits per heavy atom. The largest absolute Gasteiger partial charge is 0.480 e. The van der Waals surface area contributed by atoms with Gasteiger partial charge >= 0.3 is 5.97 Å². The first-order valence-corrected chi connectivity index (χ1v) is 6.32. The standard InChI is InChI=1S/C10H14N4O3S/c1-14-3-2-5(8(14)15)12-10-13-6(4-18-10)7(11)9(16)17/h4-5,7H,2-3,11H2,1H3,(H,12,13)(H,16,17). The highest BCUT2D eigenvalue weighted by Crippen LogP contribution is 2.22. The maximum atomic E-state index is 11.7. The van der Waals surface area contributed by atoms with E-state index < -0.39 is 12.0 Å². The van der Waals surface area contributed by atoms with Crippen molar-refractivity contribution in [2.24, 2.45) is 5.73 Å². The molecule has 1 saturated heterocycles. The normalized spacial score (nSPS) is 21.1. The number of hydrogen-bond donors (Lipinski definition) is 3. The number of anilines is 1. The lowest BCUT2D eigenvalue weighted by Gasteiger charge is -2.10. The van der Waals surface area contributed by atoms with Crippen molar-refractivity contribution in [3.63, 3.8) is 0 Å². The van der Waals surface area contributed by atoms with E-state index in [4.69, 9.17) is 10.8 Å². The van der Waals surface area contributed by atoms with E-state index in [1.807, 2.05) is 0 Å². The fourth-order valence-electron chi connectivity index (χ4n) is 1.73. The van der Waals surface area contributed by atoms with Crippen LogP contribution in [-0.4, -0.2) is 46.5 Å². The molecule has 1 aliphatic rings. The van der Waals surface area contributed by atoms with Crippen LogP contribution in [0, 0.1) is 0 Å². The Balaban J connectivity index is 2.03. The van der Waals surface area contributed by atoms with Gasteiger partial charge in [-0.1, -0.05) is 0 Å². The van der Waals surface area contributed by atoms with Gasteiger partial charge in [0.15, 0.2) is 5.13 Å². The minimum atomic E-state index is -1.13. The first kappa shape index (κ1) is 12.8. The molecule has 4 N–H and O–H groups in total. The molecular formula is C10H14N4O3S. The summed E-state index contributed by atoms with van der Waals surface area (Å²) in [4.78, 5) is 28.1. The highest BCUT2D eigenvalue weighted by Gasteiger charge is 2.29. The zero-order chi connectivity index (χ0) is 13.3. The minimum absolute atomic E-state index is 0.0225. The second-order valence-corrected chi connectivity index (χ2v) is 5.00. The van der Waals surface area contributed by atoms with Gasteiger partial charge in [-0.2, -0.15) is 0 Å². The van der Waals surface area contributed by atoms with E-state index in [2.05, 4.69) is 10.3 Å². The van der Waals surface area contributed by atoms with Gasteiger partial charge in [-0.25, -0.2) is 4.98 Å². The third-order valence-corrected chi connectivity index (χ3v) is 3.62. The first-order valence-electron chi connectivity index (χ1n) is 5.44. The second kappa shape index (κ2) is 4.91. The molecule has 0 radical (unpaired) electrons. The third-order valence-electron chi connectivity index (χ3n) is 2.83. The van der Waals surface area contributed by atoms with Crippen molar-refractivity contribution in [2.75, 3.05) is 18.9 Å². The van der Waals surface area contributed by atoms with Crippen LogP contribution in [0.5, 0.6) is 0 Å². The average Bonchev–Trinajstić information content (AvgIpc) is 2.90. The summed E-state index contributed by atoms with van der Waals surface area (Å²) in [5.74, 6) is -1.10. The number of carbonyl (C=O) groups is 2. The Morgan fingerprint density at radius 3 is 3.06 bits per heavy atom. The molecule has 1 aromatic heterocycles. The van der Waals surface area contributed by atoms with Crippen LogP contribution < -0.4 is 11.1 Å². The lowest BCUT2D eigenvalue weighted by atomic mass is 10.2. The van der Waals surface area contributed by atoms with Crippen LogP contribution in [0.2, 0.25) is 0 Å². The van der Waals surface area contributed by atoms with Crippen LogP contribution in [0.15, 0.2) is 5.38 Å². The van der Waals surface area contributed by atoms with Gasteiger partial charge in [-0.05, 0) is 6.42 Å². The van der Waals surface area contributed by atoms with Gasteiger partial charge in [-0.15, -0.1) is 11.3 Å². The van der Waals surface area contributed by atoms with Crippen molar-refractivity contribution in [3.05, 3.63) is 11.1 Å². The molecular weight excluding hydrogens is 256 g/mol. The number of thiazole rings is 1. The van der Waals surface area contributed by atoms with Gasteiger partial charge in [-0.3, -0.25) is 9.59 Å². The van der Waals surface area contributed by atoms with Crippen molar-refractivity contribution in [1.82, 2.24) is 9.88 Å². The van der Waals surface area contributed by atoms with Crippen LogP contribution in [0.25, 0.3) is 0 Å². The van der Waals surface area contributed by atoms with E-state index in [0.717, 1.165) is 6.42 Å². The third kappa shape index (κ3) is 2.44. The highest BCUT2D eigenvalue weighted by atomic mass is 32.1. The number of rotatable bonds is 4.